The van der Waals surface area contributed by atoms with Crippen molar-refractivity contribution < 1.29 is 4.79 Å². The van der Waals surface area contributed by atoms with Crippen molar-refractivity contribution in [3.05, 3.63) is 77.6 Å². The van der Waals surface area contributed by atoms with Crippen molar-refractivity contribution in [1.29, 1.82) is 0 Å². The number of H-pyrrole nitrogens is 1. The highest BCUT2D eigenvalue weighted by Crippen LogP contribution is 2.25. The van der Waals surface area contributed by atoms with Crippen molar-refractivity contribution in [2.45, 2.75) is 13.5 Å². The van der Waals surface area contributed by atoms with Crippen LogP contribution in [0.4, 0.5) is 9.93 Å². The van der Waals surface area contributed by atoms with Crippen LogP contribution < -0.4 is 10.6 Å². The van der Waals surface area contributed by atoms with Crippen LogP contribution in [0.15, 0.2) is 66.2 Å². The van der Waals surface area contributed by atoms with Crippen molar-refractivity contribution in [3.8, 4) is 22.5 Å². The summed E-state index contributed by atoms with van der Waals surface area (Å²) in [4.78, 5) is 24.2. The van der Waals surface area contributed by atoms with Gasteiger partial charge in [-0.2, -0.15) is 0 Å². The van der Waals surface area contributed by atoms with E-state index in [0.29, 0.717) is 17.5 Å². The third kappa shape index (κ3) is 4.27. The number of aromatic amines is 1. The van der Waals surface area contributed by atoms with Crippen LogP contribution in [0, 0.1) is 6.92 Å². The van der Waals surface area contributed by atoms with Gasteiger partial charge in [-0.3, -0.25) is 5.32 Å². The molecule has 2 aromatic heterocycles. The van der Waals surface area contributed by atoms with Gasteiger partial charge < -0.3 is 10.3 Å². The zero-order chi connectivity index (χ0) is 19.3. The van der Waals surface area contributed by atoms with Gasteiger partial charge in [0.25, 0.3) is 0 Å². The number of nitrogens with zero attached hydrogens (tertiary/aromatic N) is 2. The molecule has 2 amide bonds. The number of nitrogens with one attached hydrogen (secondary N) is 3. The Hall–Kier alpha value is -3.45. The number of thiazole rings is 1. The molecule has 0 bridgehead atoms. The molecule has 28 heavy (non-hydrogen) atoms. The second-order valence-electron chi connectivity index (χ2n) is 6.32. The standard InChI is InChI=1S/C21H19N5OS/c1-14-7-9-16(10-8-14)18-13-28-21(25-18)26-20(27)23-12-19-22-11-17(24-19)15-5-3-2-4-6-15/h2-11,13H,12H2,1H3,(H,22,24)(H2,23,25,26,27). The van der Waals surface area contributed by atoms with Gasteiger partial charge in [-0.15, -0.1) is 11.3 Å². The quantitative estimate of drug-likeness (QED) is 0.457. The Morgan fingerprint density at radius 1 is 1.07 bits per heavy atom. The Labute approximate surface area is 166 Å². The number of amides is 2. The Balaban J connectivity index is 1.33. The zero-order valence-corrected chi connectivity index (χ0v) is 16.1. The number of aromatic nitrogens is 3. The van der Waals surface area contributed by atoms with E-state index in [2.05, 4.69) is 25.6 Å². The largest absolute Gasteiger partial charge is 0.341 e. The number of carbonyl (C=O) groups excluding carboxylic acids is 1. The van der Waals surface area contributed by atoms with Gasteiger partial charge >= 0.3 is 6.03 Å². The molecule has 0 saturated carbocycles. The molecule has 6 nitrogen and oxygen atoms in total. The molecule has 0 radical (unpaired) electrons. The molecule has 4 rings (SSSR count). The maximum atomic E-state index is 12.2. The number of hydrogen-bond acceptors (Lipinski definition) is 4. The van der Waals surface area contributed by atoms with Crippen molar-refractivity contribution in [3.63, 3.8) is 0 Å². The maximum absolute atomic E-state index is 12.2. The lowest BCUT2D eigenvalue weighted by Crippen LogP contribution is -2.28. The van der Waals surface area contributed by atoms with E-state index in [1.54, 1.807) is 6.20 Å². The van der Waals surface area contributed by atoms with Gasteiger partial charge in [0, 0.05) is 10.9 Å². The summed E-state index contributed by atoms with van der Waals surface area (Å²) < 4.78 is 0. The highest BCUT2D eigenvalue weighted by molar-refractivity contribution is 7.14. The van der Waals surface area contributed by atoms with Gasteiger partial charge in [-0.05, 0) is 12.5 Å². The molecule has 2 heterocycles. The molecule has 0 spiro atoms. The summed E-state index contributed by atoms with van der Waals surface area (Å²) in [5, 5.41) is 8.04. The monoisotopic (exact) mass is 389 g/mol. The fourth-order valence-corrected chi connectivity index (χ4v) is 3.42. The maximum Gasteiger partial charge on any atom is 0.321 e. The van der Waals surface area contributed by atoms with E-state index in [9.17, 15) is 4.79 Å². The fourth-order valence-electron chi connectivity index (χ4n) is 2.71. The van der Waals surface area contributed by atoms with E-state index >= 15 is 0 Å². The second-order valence-corrected chi connectivity index (χ2v) is 7.18. The van der Waals surface area contributed by atoms with Crippen LogP contribution in [-0.2, 0) is 6.54 Å². The van der Waals surface area contributed by atoms with E-state index in [4.69, 9.17) is 0 Å². The van der Waals surface area contributed by atoms with Crippen LogP contribution in [0.3, 0.4) is 0 Å². The summed E-state index contributed by atoms with van der Waals surface area (Å²) in [5.41, 5.74) is 5.04. The number of benzene rings is 2. The molecule has 3 N–H and O–H groups in total. The molecule has 140 valence electrons. The molecule has 0 fully saturated rings. The highest BCUT2D eigenvalue weighted by Gasteiger charge is 2.09. The molecule has 0 aliphatic heterocycles. The van der Waals surface area contributed by atoms with Gasteiger partial charge in [-0.25, -0.2) is 14.8 Å². The number of rotatable bonds is 5. The lowest BCUT2D eigenvalue weighted by molar-refractivity contribution is 0.251. The SMILES string of the molecule is Cc1ccc(-c2csc(NC(=O)NCc3ncc(-c4ccccc4)[nH]3)n2)cc1. The lowest BCUT2D eigenvalue weighted by Gasteiger charge is -2.03. The molecular weight excluding hydrogens is 370 g/mol. The minimum atomic E-state index is -0.317. The van der Waals surface area contributed by atoms with E-state index in [1.165, 1.54) is 16.9 Å². The normalized spacial score (nSPS) is 10.6. The van der Waals surface area contributed by atoms with Crippen LogP contribution in [0.5, 0.6) is 0 Å². The van der Waals surface area contributed by atoms with Crippen molar-refractivity contribution >= 4 is 22.5 Å². The second kappa shape index (κ2) is 8.06. The summed E-state index contributed by atoms with van der Waals surface area (Å²) in [6, 6.07) is 17.7. The minimum absolute atomic E-state index is 0.300. The van der Waals surface area contributed by atoms with Crippen LogP contribution in [0.25, 0.3) is 22.5 Å². The number of anilines is 1. The molecule has 0 unspecified atom stereocenters. The third-order valence-corrected chi connectivity index (χ3v) is 4.96. The van der Waals surface area contributed by atoms with Crippen molar-refractivity contribution in [2.75, 3.05) is 5.32 Å². The van der Waals surface area contributed by atoms with E-state index in [1.807, 2.05) is 66.9 Å². The summed E-state index contributed by atoms with van der Waals surface area (Å²) in [6.45, 7) is 2.35. The lowest BCUT2D eigenvalue weighted by atomic mass is 10.1. The first kappa shape index (κ1) is 17.9. The summed E-state index contributed by atoms with van der Waals surface area (Å²) in [6.07, 6.45) is 1.76. The molecule has 0 atom stereocenters. The Kier molecular flexibility index (Phi) is 5.16. The first-order valence-electron chi connectivity index (χ1n) is 8.84. The van der Waals surface area contributed by atoms with Crippen LogP contribution >= 0.6 is 11.3 Å². The van der Waals surface area contributed by atoms with Crippen molar-refractivity contribution in [2.24, 2.45) is 0 Å². The first-order valence-corrected chi connectivity index (χ1v) is 9.72. The highest BCUT2D eigenvalue weighted by atomic mass is 32.1. The average molecular weight is 389 g/mol. The van der Waals surface area contributed by atoms with Crippen LogP contribution in [-0.4, -0.2) is 21.0 Å². The van der Waals surface area contributed by atoms with Crippen LogP contribution in [0.2, 0.25) is 0 Å². The van der Waals surface area contributed by atoms with Gasteiger partial charge in [-0.1, -0.05) is 60.2 Å². The predicted molar refractivity (Wildman–Crippen MR) is 112 cm³/mol. The molecule has 0 saturated heterocycles. The summed E-state index contributed by atoms with van der Waals surface area (Å²) >= 11 is 1.39. The topological polar surface area (TPSA) is 82.7 Å². The third-order valence-electron chi connectivity index (χ3n) is 4.20. The van der Waals surface area contributed by atoms with Gasteiger partial charge in [0.05, 0.1) is 24.1 Å². The molecule has 7 heteroatoms. The molecule has 0 aliphatic rings. The summed E-state index contributed by atoms with van der Waals surface area (Å²) in [7, 11) is 0. The smallest absolute Gasteiger partial charge is 0.321 e. The van der Waals surface area contributed by atoms with Gasteiger partial charge in [0.2, 0.25) is 0 Å². The number of carbonyl (C=O) groups is 1. The molecular formula is C21H19N5OS. The fraction of sp³-hybridized carbons (Fsp3) is 0.0952. The molecule has 2 aromatic carbocycles. The van der Waals surface area contributed by atoms with Gasteiger partial charge in [0.15, 0.2) is 5.13 Å². The number of hydrogen-bond donors (Lipinski definition) is 3. The van der Waals surface area contributed by atoms with Crippen LogP contribution in [0.1, 0.15) is 11.4 Å². The Morgan fingerprint density at radius 3 is 2.64 bits per heavy atom. The minimum Gasteiger partial charge on any atom is -0.341 e. The van der Waals surface area contributed by atoms with Gasteiger partial charge in [0.1, 0.15) is 5.82 Å². The number of imidazole rings is 1. The Morgan fingerprint density at radius 2 is 1.86 bits per heavy atom. The average Bonchev–Trinajstić information content (AvgIpc) is 3.37. The van der Waals surface area contributed by atoms with E-state index in [-0.39, 0.29) is 6.03 Å². The molecule has 0 aliphatic carbocycles. The van der Waals surface area contributed by atoms with E-state index < -0.39 is 0 Å². The number of aryl methyl sites for hydroxylation is 1. The summed E-state index contributed by atoms with van der Waals surface area (Å²) in [5.74, 6) is 0.688. The zero-order valence-electron chi connectivity index (χ0n) is 15.3. The Bertz CT molecular complexity index is 1070. The first-order chi connectivity index (χ1) is 13.7. The van der Waals surface area contributed by atoms with Crippen molar-refractivity contribution in [1.82, 2.24) is 20.3 Å². The predicted octanol–water partition coefficient (Wildman–Crippen LogP) is 4.83. The number of urea groups is 1. The van der Waals surface area contributed by atoms with E-state index in [0.717, 1.165) is 22.5 Å². The molecule has 4 aromatic rings.